The first-order valence-corrected chi connectivity index (χ1v) is 7.71. The molecule has 2 aromatic rings. The zero-order chi connectivity index (χ0) is 18.1. The molecule has 1 aliphatic rings. The van der Waals surface area contributed by atoms with Crippen LogP contribution in [0.2, 0.25) is 0 Å². The summed E-state index contributed by atoms with van der Waals surface area (Å²) in [6.45, 7) is 3.36. The van der Waals surface area contributed by atoms with E-state index in [1.807, 2.05) is 0 Å². The van der Waals surface area contributed by atoms with Crippen LogP contribution in [0.15, 0.2) is 22.7 Å². The van der Waals surface area contributed by atoms with E-state index < -0.39 is 29.5 Å². The predicted molar refractivity (Wildman–Crippen MR) is 82.4 cm³/mol. The molecule has 0 radical (unpaired) electrons. The van der Waals surface area contributed by atoms with E-state index >= 15 is 0 Å². The highest BCUT2D eigenvalue weighted by atomic mass is 19.1. The molecular weight excluding hydrogens is 334 g/mol. The smallest absolute Gasteiger partial charge is 0.248 e. The first kappa shape index (κ1) is 17.0. The number of benzene rings is 1. The number of hydrogen-bond acceptors (Lipinski definition) is 5. The molecule has 1 aromatic heterocycles. The normalized spacial score (nSPS) is 18.5. The van der Waals surface area contributed by atoms with Gasteiger partial charge in [0.2, 0.25) is 17.7 Å². The van der Waals surface area contributed by atoms with Crippen LogP contribution < -0.4 is 10.2 Å². The second kappa shape index (κ2) is 6.58. The average molecular weight is 350 g/mol. The molecule has 2 heterocycles. The Hall–Kier alpha value is -2.84. The quantitative estimate of drug-likeness (QED) is 0.910. The minimum absolute atomic E-state index is 0.0167. The van der Waals surface area contributed by atoms with Gasteiger partial charge in [0, 0.05) is 19.0 Å². The third-order valence-corrected chi connectivity index (χ3v) is 3.97. The van der Waals surface area contributed by atoms with Gasteiger partial charge < -0.3 is 14.7 Å². The number of rotatable bonds is 4. The van der Waals surface area contributed by atoms with Crippen LogP contribution in [-0.4, -0.2) is 28.5 Å². The molecule has 1 aromatic carbocycles. The number of nitrogens with one attached hydrogen (secondary N) is 1. The Morgan fingerprint density at radius 1 is 1.44 bits per heavy atom. The van der Waals surface area contributed by atoms with E-state index in [0.717, 1.165) is 11.0 Å². The molecular formula is C16H16F2N4O3. The molecule has 2 amide bonds. The van der Waals surface area contributed by atoms with Gasteiger partial charge in [-0.1, -0.05) is 5.16 Å². The number of halogens is 2. The molecule has 0 aliphatic carbocycles. The summed E-state index contributed by atoms with van der Waals surface area (Å²) in [5, 5.41) is 6.35. The minimum Gasteiger partial charge on any atom is -0.344 e. The molecule has 132 valence electrons. The van der Waals surface area contributed by atoms with Crippen molar-refractivity contribution in [3.05, 3.63) is 41.5 Å². The molecule has 0 saturated carbocycles. The molecule has 2 unspecified atom stereocenters. The van der Waals surface area contributed by atoms with Crippen molar-refractivity contribution in [2.45, 2.75) is 26.3 Å². The second-order valence-electron chi connectivity index (χ2n) is 5.91. The number of aryl methyl sites for hydroxylation is 1. The molecule has 1 aliphatic heterocycles. The number of hydrogen-bond donors (Lipinski definition) is 1. The van der Waals surface area contributed by atoms with Crippen LogP contribution in [0.25, 0.3) is 0 Å². The highest BCUT2D eigenvalue weighted by molar-refractivity contribution is 6.00. The maximum absolute atomic E-state index is 13.9. The van der Waals surface area contributed by atoms with E-state index in [-0.39, 0.29) is 30.5 Å². The minimum atomic E-state index is -0.843. The Balaban J connectivity index is 1.68. The van der Waals surface area contributed by atoms with E-state index in [4.69, 9.17) is 4.52 Å². The molecule has 9 heteroatoms. The summed E-state index contributed by atoms with van der Waals surface area (Å²) in [6, 6.07) is 2.45. The molecule has 0 spiro atoms. The fraction of sp³-hybridized carbons (Fsp3) is 0.375. The number of carbonyl (C=O) groups is 2. The van der Waals surface area contributed by atoms with Gasteiger partial charge in [0.1, 0.15) is 17.7 Å². The van der Waals surface area contributed by atoms with E-state index in [2.05, 4.69) is 15.5 Å². The van der Waals surface area contributed by atoms with Crippen molar-refractivity contribution in [3.63, 3.8) is 0 Å². The highest BCUT2D eigenvalue weighted by Gasteiger charge is 2.37. The van der Waals surface area contributed by atoms with Crippen molar-refractivity contribution >= 4 is 17.5 Å². The summed E-state index contributed by atoms with van der Waals surface area (Å²) >= 11 is 0. The van der Waals surface area contributed by atoms with Crippen LogP contribution in [0.5, 0.6) is 0 Å². The van der Waals surface area contributed by atoms with Gasteiger partial charge in [-0.2, -0.15) is 4.98 Å². The Labute approximate surface area is 142 Å². The van der Waals surface area contributed by atoms with Crippen molar-refractivity contribution in [2.24, 2.45) is 5.92 Å². The van der Waals surface area contributed by atoms with Gasteiger partial charge in [0.05, 0.1) is 11.6 Å². The van der Waals surface area contributed by atoms with Gasteiger partial charge >= 0.3 is 0 Å². The van der Waals surface area contributed by atoms with Crippen LogP contribution in [0.1, 0.15) is 31.1 Å². The van der Waals surface area contributed by atoms with Gasteiger partial charge in [0.25, 0.3) is 0 Å². The lowest BCUT2D eigenvalue weighted by molar-refractivity contribution is -0.127. The summed E-state index contributed by atoms with van der Waals surface area (Å²) < 4.78 is 31.9. The maximum atomic E-state index is 13.9. The van der Waals surface area contributed by atoms with Crippen molar-refractivity contribution in [1.29, 1.82) is 0 Å². The van der Waals surface area contributed by atoms with Crippen molar-refractivity contribution in [2.75, 3.05) is 11.4 Å². The van der Waals surface area contributed by atoms with Crippen molar-refractivity contribution in [1.82, 2.24) is 15.5 Å². The Kier molecular flexibility index (Phi) is 4.47. The van der Waals surface area contributed by atoms with Crippen LogP contribution in [0.4, 0.5) is 14.5 Å². The fourth-order valence-corrected chi connectivity index (χ4v) is 2.70. The summed E-state index contributed by atoms with van der Waals surface area (Å²) in [6.07, 6.45) is -0.0573. The molecule has 1 saturated heterocycles. The highest BCUT2D eigenvalue weighted by Crippen LogP contribution is 2.28. The fourth-order valence-electron chi connectivity index (χ4n) is 2.70. The first-order valence-electron chi connectivity index (χ1n) is 7.71. The zero-order valence-corrected chi connectivity index (χ0v) is 13.6. The lowest BCUT2D eigenvalue weighted by Gasteiger charge is -2.18. The number of aromatic nitrogens is 2. The van der Waals surface area contributed by atoms with Crippen LogP contribution in [0.3, 0.4) is 0 Å². The predicted octanol–water partition coefficient (Wildman–Crippen LogP) is 1.89. The standard InChI is InChI=1S/C16H16F2N4O3/c1-8(16-20-9(2)21-25-16)19-15(24)10-5-14(23)22(7-10)13-4-3-11(17)6-12(13)18/h3-4,6,8,10H,5,7H2,1-2H3,(H,19,24). The summed E-state index contributed by atoms with van der Waals surface area (Å²) in [7, 11) is 0. The SMILES string of the molecule is Cc1noc(C(C)NC(=O)C2CC(=O)N(c3ccc(F)cc3F)C2)n1. The molecule has 0 bridgehead atoms. The van der Waals surface area contributed by atoms with Gasteiger partial charge in [0.15, 0.2) is 5.82 Å². The summed E-state index contributed by atoms with van der Waals surface area (Å²) in [5.41, 5.74) is -0.0396. The van der Waals surface area contributed by atoms with Crippen LogP contribution in [0, 0.1) is 24.5 Å². The third-order valence-electron chi connectivity index (χ3n) is 3.97. The molecule has 1 N–H and O–H groups in total. The topological polar surface area (TPSA) is 88.3 Å². The largest absolute Gasteiger partial charge is 0.344 e. The van der Waals surface area contributed by atoms with Gasteiger partial charge in [-0.15, -0.1) is 0 Å². The number of amides is 2. The van der Waals surface area contributed by atoms with Crippen molar-refractivity contribution < 1.29 is 22.9 Å². The Bertz CT molecular complexity index is 823. The molecule has 25 heavy (non-hydrogen) atoms. The monoisotopic (exact) mass is 350 g/mol. The second-order valence-corrected chi connectivity index (χ2v) is 5.91. The van der Waals surface area contributed by atoms with Gasteiger partial charge in [-0.05, 0) is 26.0 Å². The molecule has 3 rings (SSSR count). The van der Waals surface area contributed by atoms with Crippen molar-refractivity contribution in [3.8, 4) is 0 Å². The third kappa shape index (κ3) is 3.49. The first-order chi connectivity index (χ1) is 11.8. The van der Waals surface area contributed by atoms with E-state index in [0.29, 0.717) is 11.9 Å². The maximum Gasteiger partial charge on any atom is 0.248 e. The van der Waals surface area contributed by atoms with Crippen LogP contribution in [-0.2, 0) is 9.59 Å². The lowest BCUT2D eigenvalue weighted by atomic mass is 10.1. The molecule has 1 fully saturated rings. The van der Waals surface area contributed by atoms with E-state index in [1.165, 1.54) is 6.07 Å². The summed E-state index contributed by atoms with van der Waals surface area (Å²) in [4.78, 5) is 29.7. The Morgan fingerprint density at radius 2 is 2.20 bits per heavy atom. The zero-order valence-electron chi connectivity index (χ0n) is 13.6. The van der Waals surface area contributed by atoms with E-state index in [9.17, 15) is 18.4 Å². The number of nitrogens with zero attached hydrogens (tertiary/aromatic N) is 3. The molecule has 2 atom stereocenters. The lowest BCUT2D eigenvalue weighted by Crippen LogP contribution is -2.34. The van der Waals surface area contributed by atoms with Crippen LogP contribution >= 0.6 is 0 Å². The average Bonchev–Trinajstić information content (AvgIpc) is 3.14. The summed E-state index contributed by atoms with van der Waals surface area (Å²) in [5.74, 6) is -2.28. The number of anilines is 1. The van der Waals surface area contributed by atoms with Gasteiger partial charge in [-0.3, -0.25) is 9.59 Å². The number of carbonyl (C=O) groups excluding carboxylic acids is 2. The Morgan fingerprint density at radius 3 is 2.84 bits per heavy atom. The van der Waals surface area contributed by atoms with Gasteiger partial charge in [-0.25, -0.2) is 8.78 Å². The van der Waals surface area contributed by atoms with E-state index in [1.54, 1.807) is 13.8 Å². The molecule has 7 nitrogen and oxygen atoms in total.